The van der Waals surface area contributed by atoms with Crippen LogP contribution in [0.3, 0.4) is 0 Å². The van der Waals surface area contributed by atoms with Crippen LogP contribution in [0.25, 0.3) is 0 Å². The first-order valence-electron chi connectivity index (χ1n) is 4.65. The van der Waals surface area contributed by atoms with E-state index >= 15 is 0 Å². The van der Waals surface area contributed by atoms with E-state index in [4.69, 9.17) is 16.3 Å². The summed E-state index contributed by atoms with van der Waals surface area (Å²) >= 11 is 0. The van der Waals surface area contributed by atoms with Crippen molar-refractivity contribution in [2.24, 2.45) is 0 Å². The summed E-state index contributed by atoms with van der Waals surface area (Å²) in [6.07, 6.45) is 7.52. The van der Waals surface area contributed by atoms with Crippen molar-refractivity contribution in [3.63, 3.8) is 0 Å². The number of aromatic nitrogens is 1. The molecular formula is C11H10N2O4. The molecule has 0 bridgehead atoms. The third-order valence-corrected chi connectivity index (χ3v) is 1.76. The molecule has 0 saturated heterocycles. The monoisotopic (exact) mass is 234 g/mol. The highest BCUT2D eigenvalue weighted by atomic mass is 16.5. The van der Waals surface area contributed by atoms with Gasteiger partial charge in [-0.25, -0.2) is 4.79 Å². The molecule has 2 N–H and O–H groups in total. The van der Waals surface area contributed by atoms with E-state index in [0.717, 1.165) is 0 Å². The Balaban J connectivity index is 2.61. The van der Waals surface area contributed by atoms with Gasteiger partial charge in [-0.1, -0.05) is 5.92 Å². The zero-order chi connectivity index (χ0) is 12.7. The van der Waals surface area contributed by atoms with Crippen molar-refractivity contribution in [3.8, 4) is 18.1 Å². The number of carboxylic acids is 1. The standard InChI is InChI=1S/C11H10N2O4/c1-2-4-13-10(14)7-17-9-6-12-5-3-8(9)11(15)16/h1,3,5-6H,4,7H2,(H,13,14)(H,15,16). The van der Waals surface area contributed by atoms with Gasteiger partial charge in [0.1, 0.15) is 5.56 Å². The van der Waals surface area contributed by atoms with Gasteiger partial charge in [0.15, 0.2) is 12.4 Å². The van der Waals surface area contributed by atoms with E-state index in [2.05, 4.69) is 16.2 Å². The highest BCUT2D eigenvalue weighted by Gasteiger charge is 2.11. The van der Waals surface area contributed by atoms with Gasteiger partial charge < -0.3 is 15.2 Å². The predicted molar refractivity (Wildman–Crippen MR) is 58.5 cm³/mol. The number of pyridine rings is 1. The van der Waals surface area contributed by atoms with Crippen molar-refractivity contribution in [2.45, 2.75) is 0 Å². The molecule has 0 saturated carbocycles. The lowest BCUT2D eigenvalue weighted by Crippen LogP contribution is -2.29. The molecule has 1 aromatic heterocycles. The number of aromatic carboxylic acids is 1. The molecule has 0 aliphatic heterocycles. The lowest BCUT2D eigenvalue weighted by Gasteiger charge is -2.07. The molecular weight excluding hydrogens is 224 g/mol. The van der Waals surface area contributed by atoms with Gasteiger partial charge in [-0.2, -0.15) is 0 Å². The molecule has 88 valence electrons. The van der Waals surface area contributed by atoms with E-state index in [-0.39, 0.29) is 24.5 Å². The fraction of sp³-hybridized carbons (Fsp3) is 0.182. The fourth-order valence-electron chi connectivity index (χ4n) is 1.02. The van der Waals surface area contributed by atoms with Crippen LogP contribution in [-0.4, -0.2) is 35.1 Å². The highest BCUT2D eigenvalue weighted by molar-refractivity contribution is 5.90. The van der Waals surface area contributed by atoms with Gasteiger partial charge in [0.05, 0.1) is 12.7 Å². The molecule has 1 heterocycles. The van der Waals surface area contributed by atoms with Crippen LogP contribution in [0.15, 0.2) is 18.5 Å². The third-order valence-electron chi connectivity index (χ3n) is 1.76. The van der Waals surface area contributed by atoms with E-state index in [1.165, 1.54) is 18.5 Å². The van der Waals surface area contributed by atoms with Crippen molar-refractivity contribution >= 4 is 11.9 Å². The van der Waals surface area contributed by atoms with E-state index in [9.17, 15) is 9.59 Å². The Kier molecular flexibility index (Phi) is 4.51. The number of terminal acetylenes is 1. The number of hydrogen-bond acceptors (Lipinski definition) is 4. The van der Waals surface area contributed by atoms with Crippen LogP contribution in [-0.2, 0) is 4.79 Å². The quantitative estimate of drug-likeness (QED) is 0.695. The molecule has 1 amide bonds. The van der Waals surface area contributed by atoms with Crippen molar-refractivity contribution < 1.29 is 19.4 Å². The zero-order valence-corrected chi connectivity index (χ0v) is 8.84. The number of carboxylic acid groups (broad SMARTS) is 1. The summed E-state index contributed by atoms with van der Waals surface area (Å²) in [6.45, 7) is -0.214. The summed E-state index contributed by atoms with van der Waals surface area (Å²) < 4.78 is 5.03. The van der Waals surface area contributed by atoms with Gasteiger partial charge in [-0.15, -0.1) is 6.42 Å². The Morgan fingerprint density at radius 2 is 2.35 bits per heavy atom. The average molecular weight is 234 g/mol. The van der Waals surface area contributed by atoms with E-state index in [0.29, 0.717) is 0 Å². The summed E-state index contributed by atoms with van der Waals surface area (Å²) in [5, 5.41) is 11.2. The van der Waals surface area contributed by atoms with Gasteiger partial charge in [0.2, 0.25) is 0 Å². The molecule has 0 spiro atoms. The number of ether oxygens (including phenoxy) is 1. The Morgan fingerprint density at radius 1 is 1.59 bits per heavy atom. The third kappa shape index (κ3) is 3.83. The van der Waals surface area contributed by atoms with Crippen LogP contribution in [0, 0.1) is 12.3 Å². The van der Waals surface area contributed by atoms with Crippen molar-refractivity contribution in [3.05, 3.63) is 24.0 Å². The number of hydrogen-bond donors (Lipinski definition) is 2. The lowest BCUT2D eigenvalue weighted by atomic mass is 10.2. The van der Waals surface area contributed by atoms with E-state index in [1.807, 2.05) is 0 Å². The molecule has 0 atom stereocenters. The van der Waals surface area contributed by atoms with E-state index < -0.39 is 11.9 Å². The lowest BCUT2D eigenvalue weighted by molar-refractivity contribution is -0.122. The molecule has 0 aromatic carbocycles. The Bertz CT molecular complexity index is 465. The van der Waals surface area contributed by atoms with Gasteiger partial charge in [-0.05, 0) is 6.07 Å². The largest absolute Gasteiger partial charge is 0.481 e. The second kappa shape index (κ2) is 6.12. The summed E-state index contributed by atoms with van der Waals surface area (Å²) in [5.74, 6) is 0.696. The SMILES string of the molecule is C#CCNC(=O)COc1cnccc1C(=O)O. The topological polar surface area (TPSA) is 88.5 Å². The smallest absolute Gasteiger partial charge is 0.339 e. The highest BCUT2D eigenvalue weighted by Crippen LogP contribution is 2.15. The molecule has 0 aliphatic carbocycles. The molecule has 0 radical (unpaired) electrons. The number of amides is 1. The predicted octanol–water partition coefficient (Wildman–Crippen LogP) is -0.0920. The summed E-state index contributed by atoms with van der Waals surface area (Å²) in [7, 11) is 0. The minimum absolute atomic E-state index is 0.0378. The second-order valence-electron chi connectivity index (χ2n) is 2.95. The average Bonchev–Trinajstić information content (AvgIpc) is 2.34. The van der Waals surface area contributed by atoms with Crippen molar-refractivity contribution in [2.75, 3.05) is 13.2 Å². The Morgan fingerprint density at radius 3 is 3.00 bits per heavy atom. The number of nitrogens with zero attached hydrogens (tertiary/aromatic N) is 1. The first kappa shape index (κ1) is 12.5. The van der Waals surface area contributed by atoms with Gasteiger partial charge in [-0.3, -0.25) is 9.78 Å². The number of carbonyl (C=O) groups is 2. The zero-order valence-electron chi connectivity index (χ0n) is 8.84. The Hall–Kier alpha value is -2.55. The molecule has 0 unspecified atom stereocenters. The summed E-state index contributed by atoms with van der Waals surface area (Å²) in [4.78, 5) is 25.7. The fourth-order valence-corrected chi connectivity index (χ4v) is 1.02. The second-order valence-corrected chi connectivity index (χ2v) is 2.95. The van der Waals surface area contributed by atoms with Crippen LogP contribution in [0.5, 0.6) is 5.75 Å². The Labute approximate surface area is 97.6 Å². The molecule has 0 fully saturated rings. The molecule has 1 aromatic rings. The summed E-state index contributed by atoms with van der Waals surface area (Å²) in [5.41, 5.74) is -0.0512. The molecule has 1 rings (SSSR count). The number of carbonyl (C=O) groups excluding carboxylic acids is 1. The van der Waals surface area contributed by atoms with Crippen molar-refractivity contribution in [1.29, 1.82) is 0 Å². The summed E-state index contributed by atoms with van der Waals surface area (Å²) in [6, 6.07) is 1.29. The van der Waals surface area contributed by atoms with Crippen molar-refractivity contribution in [1.82, 2.24) is 10.3 Å². The maximum Gasteiger partial charge on any atom is 0.339 e. The van der Waals surface area contributed by atoms with E-state index in [1.54, 1.807) is 0 Å². The number of rotatable bonds is 5. The van der Waals surface area contributed by atoms with Crippen LogP contribution < -0.4 is 10.1 Å². The van der Waals surface area contributed by atoms with Gasteiger partial charge in [0, 0.05) is 6.20 Å². The van der Waals surface area contributed by atoms with Crippen LogP contribution >= 0.6 is 0 Å². The van der Waals surface area contributed by atoms with Crippen LogP contribution in [0.1, 0.15) is 10.4 Å². The van der Waals surface area contributed by atoms with Crippen LogP contribution in [0.4, 0.5) is 0 Å². The molecule has 0 aliphatic rings. The maximum absolute atomic E-state index is 11.2. The number of nitrogens with one attached hydrogen (secondary N) is 1. The normalized spacial score (nSPS) is 9.12. The van der Waals surface area contributed by atoms with Crippen LogP contribution in [0.2, 0.25) is 0 Å². The first-order valence-corrected chi connectivity index (χ1v) is 4.65. The molecule has 17 heavy (non-hydrogen) atoms. The molecule has 6 heteroatoms. The maximum atomic E-state index is 11.2. The minimum atomic E-state index is -1.15. The molecule has 6 nitrogen and oxygen atoms in total. The first-order chi connectivity index (χ1) is 8.15. The van der Waals surface area contributed by atoms with Gasteiger partial charge in [0.25, 0.3) is 5.91 Å². The minimum Gasteiger partial charge on any atom is -0.481 e. The van der Waals surface area contributed by atoms with Gasteiger partial charge >= 0.3 is 5.97 Å².